The van der Waals surface area contributed by atoms with Gasteiger partial charge in [-0.15, -0.1) is 5.10 Å². The number of benzene rings is 2. The predicted molar refractivity (Wildman–Crippen MR) is 124 cm³/mol. The molecule has 0 radical (unpaired) electrons. The number of allylic oxidation sites excluding steroid dienone is 1. The molecule has 9 heteroatoms. The summed E-state index contributed by atoms with van der Waals surface area (Å²) in [6.07, 6.45) is 0. The maximum absolute atomic E-state index is 12.4. The second-order valence-corrected chi connectivity index (χ2v) is 8.24. The number of carbonyl (C=O) groups excluding carboxylic acids is 1. The van der Waals surface area contributed by atoms with Crippen LogP contribution in [-0.4, -0.2) is 22.7 Å². The zero-order valence-corrected chi connectivity index (χ0v) is 19.1. The molecule has 0 saturated carbocycles. The van der Waals surface area contributed by atoms with Crippen LogP contribution in [0.15, 0.2) is 47.9 Å². The van der Waals surface area contributed by atoms with Crippen LogP contribution in [0.5, 0.6) is 11.6 Å². The SMILES string of the molecule is Cc1ccc(NC(=O)COc2ccc(C3C(C#N)=C(N)Oc4n[nH]c(C)c43)cc2Cl)c(C)c1. The summed E-state index contributed by atoms with van der Waals surface area (Å²) in [5, 5.41) is 19.8. The van der Waals surface area contributed by atoms with Gasteiger partial charge in [-0.2, -0.15) is 5.26 Å². The topological polar surface area (TPSA) is 126 Å². The van der Waals surface area contributed by atoms with Gasteiger partial charge in [-0.25, -0.2) is 0 Å². The molecule has 1 aliphatic rings. The molecule has 0 bridgehead atoms. The van der Waals surface area contributed by atoms with Crippen molar-refractivity contribution in [3.8, 4) is 17.7 Å². The number of nitrogens with two attached hydrogens (primary N) is 1. The van der Waals surface area contributed by atoms with Crippen molar-refractivity contribution in [2.75, 3.05) is 11.9 Å². The van der Waals surface area contributed by atoms with Gasteiger partial charge in [0.05, 0.1) is 10.9 Å². The number of nitrogens with zero attached hydrogens (tertiary/aromatic N) is 2. The smallest absolute Gasteiger partial charge is 0.262 e. The standard InChI is InChI=1S/C24H22ClN5O3/c1-12-4-6-18(13(2)8-12)28-20(31)11-32-19-7-5-15(9-17(19)25)22-16(10-26)23(27)33-24-21(22)14(3)29-30-24/h4-9,22H,11,27H2,1-3H3,(H,28,31)(H,29,30). The Labute approximate surface area is 196 Å². The van der Waals surface area contributed by atoms with Crippen LogP contribution in [0.1, 0.15) is 33.9 Å². The Morgan fingerprint density at radius 1 is 1.30 bits per heavy atom. The lowest BCUT2D eigenvalue weighted by Crippen LogP contribution is -2.21. The number of ether oxygens (including phenoxy) is 2. The molecule has 0 saturated heterocycles. The van der Waals surface area contributed by atoms with E-state index < -0.39 is 5.92 Å². The molecule has 1 unspecified atom stereocenters. The first kappa shape index (κ1) is 22.2. The van der Waals surface area contributed by atoms with Crippen LogP contribution in [0.25, 0.3) is 0 Å². The Morgan fingerprint density at radius 2 is 2.09 bits per heavy atom. The number of fused-ring (bicyclic) bond motifs is 1. The number of amides is 1. The third-order valence-corrected chi connectivity index (χ3v) is 5.73. The Morgan fingerprint density at radius 3 is 2.79 bits per heavy atom. The van der Waals surface area contributed by atoms with Crippen LogP contribution in [0.3, 0.4) is 0 Å². The van der Waals surface area contributed by atoms with Gasteiger partial charge < -0.3 is 20.5 Å². The molecule has 0 spiro atoms. The monoisotopic (exact) mass is 463 g/mol. The molecule has 1 amide bonds. The lowest BCUT2D eigenvalue weighted by molar-refractivity contribution is -0.118. The van der Waals surface area contributed by atoms with E-state index in [9.17, 15) is 10.1 Å². The summed E-state index contributed by atoms with van der Waals surface area (Å²) in [5.41, 5.74) is 11.2. The van der Waals surface area contributed by atoms with Gasteiger partial charge >= 0.3 is 0 Å². The summed E-state index contributed by atoms with van der Waals surface area (Å²) < 4.78 is 11.1. The minimum Gasteiger partial charge on any atom is -0.482 e. The lowest BCUT2D eigenvalue weighted by Gasteiger charge is -2.24. The van der Waals surface area contributed by atoms with Crippen LogP contribution < -0.4 is 20.5 Å². The highest BCUT2D eigenvalue weighted by atomic mass is 35.5. The van der Waals surface area contributed by atoms with E-state index in [0.717, 1.165) is 33.6 Å². The second-order valence-electron chi connectivity index (χ2n) is 7.84. The molecule has 2 heterocycles. The third-order valence-electron chi connectivity index (χ3n) is 5.43. The lowest BCUT2D eigenvalue weighted by atomic mass is 9.84. The number of aromatic nitrogens is 2. The molecule has 0 fully saturated rings. The Bertz CT molecular complexity index is 1320. The number of aromatic amines is 1. The van der Waals surface area contributed by atoms with Crippen molar-refractivity contribution in [1.29, 1.82) is 5.26 Å². The molecule has 8 nitrogen and oxygen atoms in total. The number of halogens is 1. The summed E-state index contributed by atoms with van der Waals surface area (Å²) in [6.45, 7) is 5.56. The van der Waals surface area contributed by atoms with E-state index in [2.05, 4.69) is 21.6 Å². The van der Waals surface area contributed by atoms with Crippen molar-refractivity contribution >= 4 is 23.2 Å². The van der Waals surface area contributed by atoms with Crippen molar-refractivity contribution in [3.63, 3.8) is 0 Å². The first-order valence-corrected chi connectivity index (χ1v) is 10.6. The molecular weight excluding hydrogens is 442 g/mol. The number of carbonyl (C=O) groups is 1. The van der Waals surface area contributed by atoms with E-state index in [-0.39, 0.29) is 24.0 Å². The number of nitriles is 1. The molecule has 1 aliphatic heterocycles. The molecule has 3 aromatic rings. The fraction of sp³-hybridized carbons (Fsp3) is 0.208. The average Bonchev–Trinajstić information content (AvgIpc) is 3.13. The van der Waals surface area contributed by atoms with Crippen LogP contribution in [-0.2, 0) is 4.79 Å². The third kappa shape index (κ3) is 4.36. The maximum Gasteiger partial charge on any atom is 0.262 e. The molecule has 0 aliphatic carbocycles. The Kier molecular flexibility index (Phi) is 5.99. The molecule has 4 N–H and O–H groups in total. The minimum atomic E-state index is -0.489. The Hall–Kier alpha value is -3.96. The molecular formula is C24H22ClN5O3. The van der Waals surface area contributed by atoms with Crippen molar-refractivity contribution in [2.24, 2.45) is 5.73 Å². The fourth-order valence-electron chi connectivity index (χ4n) is 3.83. The maximum atomic E-state index is 12.4. The number of anilines is 1. The van der Waals surface area contributed by atoms with Crippen LogP contribution >= 0.6 is 11.6 Å². The zero-order valence-electron chi connectivity index (χ0n) is 18.3. The first-order chi connectivity index (χ1) is 15.8. The van der Waals surface area contributed by atoms with Crippen LogP contribution in [0, 0.1) is 32.1 Å². The number of rotatable bonds is 5. The van der Waals surface area contributed by atoms with E-state index in [4.69, 9.17) is 26.8 Å². The molecule has 168 valence electrons. The van der Waals surface area contributed by atoms with Crippen molar-refractivity contribution in [1.82, 2.24) is 10.2 Å². The van der Waals surface area contributed by atoms with E-state index in [1.165, 1.54) is 0 Å². The molecule has 33 heavy (non-hydrogen) atoms. The van der Waals surface area contributed by atoms with Gasteiger partial charge in [0.2, 0.25) is 11.8 Å². The van der Waals surface area contributed by atoms with Crippen molar-refractivity contribution < 1.29 is 14.3 Å². The molecule has 4 rings (SSSR count). The van der Waals surface area contributed by atoms with E-state index in [1.54, 1.807) is 18.2 Å². The second kappa shape index (κ2) is 8.88. The van der Waals surface area contributed by atoms with Gasteiger partial charge in [-0.3, -0.25) is 9.89 Å². The summed E-state index contributed by atoms with van der Waals surface area (Å²) in [5.74, 6) is -0.109. The predicted octanol–water partition coefficient (Wildman–Crippen LogP) is 4.22. The number of nitrogens with one attached hydrogen (secondary N) is 2. The first-order valence-electron chi connectivity index (χ1n) is 10.2. The van der Waals surface area contributed by atoms with Crippen LogP contribution in [0.2, 0.25) is 5.02 Å². The highest BCUT2D eigenvalue weighted by molar-refractivity contribution is 6.32. The number of H-pyrrole nitrogens is 1. The van der Waals surface area contributed by atoms with Gasteiger partial charge in [0, 0.05) is 16.9 Å². The molecule has 2 aromatic carbocycles. The number of hydrogen-bond acceptors (Lipinski definition) is 6. The molecule has 1 aromatic heterocycles. The van der Waals surface area contributed by atoms with E-state index in [0.29, 0.717) is 16.7 Å². The largest absolute Gasteiger partial charge is 0.482 e. The van der Waals surface area contributed by atoms with Gasteiger partial charge in [-0.05, 0) is 50.1 Å². The summed E-state index contributed by atoms with van der Waals surface area (Å²) >= 11 is 6.46. The number of aryl methyl sites for hydroxylation is 3. The van der Waals surface area contributed by atoms with E-state index in [1.807, 2.05) is 39.0 Å². The summed E-state index contributed by atoms with van der Waals surface area (Å²) in [4.78, 5) is 12.4. The van der Waals surface area contributed by atoms with E-state index >= 15 is 0 Å². The van der Waals surface area contributed by atoms with Crippen LogP contribution in [0.4, 0.5) is 5.69 Å². The summed E-state index contributed by atoms with van der Waals surface area (Å²) in [7, 11) is 0. The average molecular weight is 464 g/mol. The van der Waals surface area contributed by atoms with Crippen molar-refractivity contribution in [3.05, 3.63) is 80.8 Å². The fourth-order valence-corrected chi connectivity index (χ4v) is 4.07. The normalized spacial score (nSPS) is 14.8. The summed E-state index contributed by atoms with van der Waals surface area (Å²) in [6, 6.07) is 13.0. The minimum absolute atomic E-state index is 0.000944. The van der Waals surface area contributed by atoms with Gasteiger partial charge in [0.15, 0.2) is 6.61 Å². The highest BCUT2D eigenvalue weighted by Crippen LogP contribution is 2.43. The Balaban J connectivity index is 1.52. The zero-order chi connectivity index (χ0) is 23.7. The van der Waals surface area contributed by atoms with Crippen molar-refractivity contribution in [2.45, 2.75) is 26.7 Å². The number of hydrogen-bond donors (Lipinski definition) is 3. The highest BCUT2D eigenvalue weighted by Gasteiger charge is 2.34. The van der Waals surface area contributed by atoms with Gasteiger partial charge in [0.25, 0.3) is 5.91 Å². The quantitative estimate of drug-likeness (QED) is 0.520. The van der Waals surface area contributed by atoms with Gasteiger partial charge in [-0.1, -0.05) is 35.4 Å². The van der Waals surface area contributed by atoms with Gasteiger partial charge in [0.1, 0.15) is 17.4 Å². The molecule has 1 atom stereocenters.